The smallest absolute Gasteiger partial charge is 0.191 e. The minimum Gasteiger partial charge on any atom is -0.491 e. The molecular weight excluding hydrogens is 531 g/mol. The van der Waals surface area contributed by atoms with Gasteiger partial charge in [0, 0.05) is 44.7 Å². The normalized spacial score (nSPS) is 11.1. The van der Waals surface area contributed by atoms with Crippen LogP contribution in [0.15, 0.2) is 47.6 Å². The summed E-state index contributed by atoms with van der Waals surface area (Å²) in [5, 5.41) is 11.2. The van der Waals surface area contributed by atoms with E-state index >= 15 is 0 Å². The van der Waals surface area contributed by atoms with E-state index < -0.39 is 0 Å². The van der Waals surface area contributed by atoms with Crippen LogP contribution in [0, 0.1) is 20.8 Å². The molecule has 0 saturated carbocycles. The Morgan fingerprint density at radius 3 is 2.45 bits per heavy atom. The van der Waals surface area contributed by atoms with E-state index in [1.807, 2.05) is 49.0 Å². The third-order valence-electron chi connectivity index (χ3n) is 4.93. The highest BCUT2D eigenvalue weighted by Gasteiger charge is 2.08. The maximum atomic E-state index is 5.87. The van der Waals surface area contributed by atoms with Crippen molar-refractivity contribution < 1.29 is 9.47 Å². The lowest BCUT2D eigenvalue weighted by molar-refractivity contribution is 0.145. The van der Waals surface area contributed by atoms with Gasteiger partial charge < -0.3 is 20.1 Å². The predicted octanol–water partition coefficient (Wildman–Crippen LogP) is 3.70. The lowest BCUT2D eigenvalue weighted by atomic mass is 10.1. The van der Waals surface area contributed by atoms with Crippen LogP contribution >= 0.6 is 24.0 Å². The van der Waals surface area contributed by atoms with Crippen LogP contribution < -0.4 is 15.4 Å². The third-order valence-corrected chi connectivity index (χ3v) is 4.93. The van der Waals surface area contributed by atoms with Gasteiger partial charge in [0.2, 0.25) is 0 Å². The first kappa shape index (κ1) is 26.6. The average Bonchev–Trinajstić information content (AvgIpc) is 3.13. The number of benzene rings is 1. The van der Waals surface area contributed by atoms with Crippen LogP contribution in [-0.4, -0.2) is 48.1 Å². The molecule has 2 heterocycles. The molecule has 3 rings (SSSR count). The molecule has 0 amide bonds. The van der Waals surface area contributed by atoms with Crippen LogP contribution in [0.4, 0.5) is 0 Å². The van der Waals surface area contributed by atoms with Gasteiger partial charge in [-0.25, -0.2) is 9.67 Å². The summed E-state index contributed by atoms with van der Waals surface area (Å²) in [7, 11) is 3.42. The first-order valence-corrected chi connectivity index (χ1v) is 10.6. The number of rotatable bonds is 9. The molecule has 0 aliphatic rings. The van der Waals surface area contributed by atoms with Crippen LogP contribution in [0.1, 0.15) is 28.1 Å². The van der Waals surface area contributed by atoms with Crippen molar-refractivity contribution in [1.82, 2.24) is 25.4 Å². The average molecular weight is 564 g/mol. The number of halogens is 1. The number of methoxy groups -OCH3 is 1. The zero-order valence-electron chi connectivity index (χ0n) is 19.9. The van der Waals surface area contributed by atoms with E-state index in [1.54, 1.807) is 14.2 Å². The Hall–Kier alpha value is -2.66. The van der Waals surface area contributed by atoms with E-state index in [0.29, 0.717) is 32.3 Å². The molecule has 0 aliphatic heterocycles. The molecule has 1 aromatic carbocycles. The fourth-order valence-corrected chi connectivity index (χ4v) is 3.27. The molecular formula is C24H33IN6O2. The van der Waals surface area contributed by atoms with Crippen molar-refractivity contribution in [2.24, 2.45) is 4.99 Å². The highest BCUT2D eigenvalue weighted by atomic mass is 127. The molecule has 3 aromatic rings. The first-order chi connectivity index (χ1) is 15.5. The molecule has 0 atom stereocenters. The molecule has 8 nitrogen and oxygen atoms in total. The Morgan fingerprint density at radius 2 is 1.82 bits per heavy atom. The van der Waals surface area contributed by atoms with Crippen molar-refractivity contribution in [3.8, 4) is 11.6 Å². The molecule has 0 radical (unpaired) electrons. The Labute approximate surface area is 212 Å². The van der Waals surface area contributed by atoms with E-state index in [2.05, 4.69) is 44.8 Å². The van der Waals surface area contributed by atoms with Crippen molar-refractivity contribution in [1.29, 1.82) is 0 Å². The Morgan fingerprint density at radius 1 is 1.03 bits per heavy atom. The minimum atomic E-state index is 0. The predicted molar refractivity (Wildman–Crippen MR) is 142 cm³/mol. The first-order valence-electron chi connectivity index (χ1n) is 10.6. The lowest BCUT2D eigenvalue weighted by Crippen LogP contribution is -2.36. The number of aryl methyl sites for hydroxylation is 3. The standard InChI is InChI=1S/C24H32N6O2.HI/c1-17-6-8-21(22(12-17)32-11-10-31-5)16-28-24(25-4)27-15-20-7-9-23(26-14-20)30-19(3)13-18(2)29-30;/h6-9,12-14H,10-11,15-16H2,1-5H3,(H2,25,27,28);1H. The van der Waals surface area contributed by atoms with E-state index in [0.717, 1.165) is 39.6 Å². The van der Waals surface area contributed by atoms with Gasteiger partial charge >= 0.3 is 0 Å². The zero-order valence-corrected chi connectivity index (χ0v) is 22.2. The van der Waals surface area contributed by atoms with Gasteiger partial charge in [0.15, 0.2) is 11.8 Å². The summed E-state index contributed by atoms with van der Waals surface area (Å²) in [4.78, 5) is 8.87. The highest BCUT2D eigenvalue weighted by molar-refractivity contribution is 14.0. The summed E-state index contributed by atoms with van der Waals surface area (Å²) in [5.74, 6) is 2.37. The largest absolute Gasteiger partial charge is 0.491 e. The summed E-state index contributed by atoms with van der Waals surface area (Å²) < 4.78 is 12.8. The van der Waals surface area contributed by atoms with E-state index in [1.165, 1.54) is 0 Å². The van der Waals surface area contributed by atoms with Gasteiger partial charge in [-0.1, -0.05) is 18.2 Å². The lowest BCUT2D eigenvalue weighted by Gasteiger charge is -2.15. The van der Waals surface area contributed by atoms with Crippen molar-refractivity contribution in [3.05, 3.63) is 70.7 Å². The summed E-state index contributed by atoms with van der Waals surface area (Å²) >= 11 is 0. The summed E-state index contributed by atoms with van der Waals surface area (Å²) in [5.41, 5.74) is 5.31. The van der Waals surface area contributed by atoms with Crippen molar-refractivity contribution in [2.75, 3.05) is 27.4 Å². The molecule has 2 aromatic heterocycles. The molecule has 178 valence electrons. The number of hydrogen-bond acceptors (Lipinski definition) is 5. The number of guanidine groups is 1. The SMILES string of the molecule is CN=C(NCc1ccc(-n2nc(C)cc2C)nc1)NCc1ccc(C)cc1OCCOC.I. The molecule has 33 heavy (non-hydrogen) atoms. The molecule has 9 heteroatoms. The van der Waals surface area contributed by atoms with Crippen LogP contribution in [0.25, 0.3) is 5.82 Å². The fourth-order valence-electron chi connectivity index (χ4n) is 3.27. The number of hydrogen-bond donors (Lipinski definition) is 2. The molecule has 0 unspecified atom stereocenters. The van der Waals surface area contributed by atoms with Crippen LogP contribution in [-0.2, 0) is 17.8 Å². The number of nitrogens with zero attached hydrogens (tertiary/aromatic N) is 4. The zero-order chi connectivity index (χ0) is 22.9. The Balaban J connectivity index is 0.00000385. The fraction of sp³-hybridized carbons (Fsp3) is 0.375. The summed E-state index contributed by atoms with van der Waals surface area (Å²) in [6, 6.07) is 12.2. The van der Waals surface area contributed by atoms with Crippen LogP contribution in [0.2, 0.25) is 0 Å². The van der Waals surface area contributed by atoms with Gasteiger partial charge in [-0.05, 0) is 50.1 Å². The highest BCUT2D eigenvalue weighted by Crippen LogP contribution is 2.20. The van der Waals surface area contributed by atoms with Crippen LogP contribution in [0.3, 0.4) is 0 Å². The second kappa shape index (κ2) is 13.1. The van der Waals surface area contributed by atoms with Crippen molar-refractivity contribution in [3.63, 3.8) is 0 Å². The third kappa shape index (κ3) is 7.71. The number of ether oxygens (including phenoxy) is 2. The number of aromatic nitrogens is 3. The van der Waals surface area contributed by atoms with Gasteiger partial charge in [0.25, 0.3) is 0 Å². The topological polar surface area (TPSA) is 85.6 Å². The van der Waals surface area contributed by atoms with Gasteiger partial charge in [0.05, 0.1) is 12.3 Å². The Bertz CT molecular complexity index is 1050. The van der Waals surface area contributed by atoms with Gasteiger partial charge in [-0.15, -0.1) is 24.0 Å². The maximum absolute atomic E-state index is 5.87. The van der Waals surface area contributed by atoms with Gasteiger partial charge in [-0.3, -0.25) is 4.99 Å². The number of aliphatic imine (C=N–C) groups is 1. The quantitative estimate of drug-likeness (QED) is 0.179. The molecule has 0 aliphatic carbocycles. The summed E-state index contributed by atoms with van der Waals surface area (Å²) in [6.45, 7) is 8.32. The molecule has 0 fully saturated rings. The second-order valence-electron chi connectivity index (χ2n) is 7.60. The second-order valence-corrected chi connectivity index (χ2v) is 7.60. The number of nitrogens with one attached hydrogen (secondary N) is 2. The summed E-state index contributed by atoms with van der Waals surface area (Å²) in [6.07, 6.45) is 1.85. The Kier molecular flexibility index (Phi) is 10.6. The van der Waals surface area contributed by atoms with E-state index in [4.69, 9.17) is 9.47 Å². The number of pyridine rings is 1. The monoisotopic (exact) mass is 564 g/mol. The van der Waals surface area contributed by atoms with Crippen molar-refractivity contribution >= 4 is 29.9 Å². The van der Waals surface area contributed by atoms with Crippen molar-refractivity contribution in [2.45, 2.75) is 33.9 Å². The molecule has 0 spiro atoms. The maximum Gasteiger partial charge on any atom is 0.191 e. The molecule has 0 bridgehead atoms. The van der Waals surface area contributed by atoms with Crippen LogP contribution in [0.5, 0.6) is 5.75 Å². The molecule has 2 N–H and O–H groups in total. The molecule has 0 saturated heterocycles. The van der Waals surface area contributed by atoms with Gasteiger partial charge in [0.1, 0.15) is 12.4 Å². The van der Waals surface area contributed by atoms with E-state index in [-0.39, 0.29) is 24.0 Å². The van der Waals surface area contributed by atoms with E-state index in [9.17, 15) is 0 Å². The minimum absolute atomic E-state index is 0. The van der Waals surface area contributed by atoms with Gasteiger partial charge in [-0.2, -0.15) is 5.10 Å².